The summed E-state index contributed by atoms with van der Waals surface area (Å²) >= 11 is 0.989. The Morgan fingerprint density at radius 2 is 2.05 bits per heavy atom. The summed E-state index contributed by atoms with van der Waals surface area (Å²) in [6.45, 7) is 1.77. The van der Waals surface area contributed by atoms with Crippen LogP contribution in [0.15, 0.2) is 28.3 Å². The number of halogens is 3. The Bertz CT molecular complexity index is 693. The van der Waals surface area contributed by atoms with Crippen LogP contribution in [0.1, 0.15) is 17.0 Å². The molecule has 0 unspecified atom stereocenters. The molecule has 0 amide bonds. The highest BCUT2D eigenvalue weighted by Gasteiger charge is 2.33. The summed E-state index contributed by atoms with van der Waals surface area (Å²) in [6, 6.07) is 3.69. The molecular formula is C12H12F3N5S. The highest BCUT2D eigenvalue weighted by atomic mass is 32.2. The van der Waals surface area contributed by atoms with E-state index in [0.717, 1.165) is 29.6 Å². The van der Waals surface area contributed by atoms with Gasteiger partial charge in [0.15, 0.2) is 0 Å². The number of hydrogen-bond acceptors (Lipinski definition) is 4. The van der Waals surface area contributed by atoms with Crippen LogP contribution in [0.25, 0.3) is 0 Å². The summed E-state index contributed by atoms with van der Waals surface area (Å²) in [4.78, 5) is 3.59. The van der Waals surface area contributed by atoms with Gasteiger partial charge in [-0.25, -0.2) is 4.98 Å². The Kier molecular flexibility index (Phi) is 3.95. The second kappa shape index (κ2) is 5.40. The molecule has 2 aromatic rings. The third-order valence-electron chi connectivity index (χ3n) is 2.60. The standard InChI is InChI=1S/C12H12F3N5S/c1-6-5-9(20(2)19-6)21-11-7(10(16)17)3-4-8(18-11)12(13,14)15/h3-5H,1-2H3,(H3,16,17). The van der Waals surface area contributed by atoms with Crippen molar-refractivity contribution in [3.63, 3.8) is 0 Å². The molecule has 0 bridgehead atoms. The molecule has 0 aliphatic rings. The van der Waals surface area contributed by atoms with Crippen molar-refractivity contribution in [1.29, 1.82) is 5.41 Å². The number of rotatable bonds is 3. The molecule has 2 heterocycles. The van der Waals surface area contributed by atoms with E-state index in [9.17, 15) is 13.2 Å². The molecule has 2 aromatic heterocycles. The van der Waals surface area contributed by atoms with E-state index in [2.05, 4.69) is 10.1 Å². The van der Waals surface area contributed by atoms with Gasteiger partial charge in [-0.05, 0) is 36.9 Å². The van der Waals surface area contributed by atoms with E-state index in [1.54, 1.807) is 20.0 Å². The number of nitrogen functional groups attached to an aromatic ring is 1. The molecule has 0 aliphatic heterocycles. The molecule has 21 heavy (non-hydrogen) atoms. The third kappa shape index (κ3) is 3.35. The second-order valence-corrected chi connectivity index (χ2v) is 5.32. The number of alkyl halides is 3. The van der Waals surface area contributed by atoms with Gasteiger partial charge in [0.25, 0.3) is 0 Å². The SMILES string of the molecule is Cc1cc(Sc2nc(C(F)(F)F)ccc2C(=N)N)n(C)n1. The molecule has 0 atom stereocenters. The van der Waals surface area contributed by atoms with Crippen molar-refractivity contribution in [2.45, 2.75) is 23.2 Å². The molecule has 112 valence electrons. The van der Waals surface area contributed by atoms with Gasteiger partial charge in [0.2, 0.25) is 0 Å². The van der Waals surface area contributed by atoms with Crippen molar-refractivity contribution < 1.29 is 13.2 Å². The van der Waals surface area contributed by atoms with Gasteiger partial charge in [0, 0.05) is 12.6 Å². The molecule has 0 spiro atoms. The number of aryl methyl sites for hydroxylation is 2. The Labute approximate surface area is 122 Å². The number of amidine groups is 1. The summed E-state index contributed by atoms with van der Waals surface area (Å²) < 4.78 is 39.8. The molecular weight excluding hydrogens is 303 g/mol. The number of pyridine rings is 1. The maximum Gasteiger partial charge on any atom is 0.433 e. The molecule has 0 fully saturated rings. The molecule has 2 rings (SSSR count). The van der Waals surface area contributed by atoms with Crippen LogP contribution in [0.5, 0.6) is 0 Å². The van der Waals surface area contributed by atoms with Crippen LogP contribution < -0.4 is 5.73 Å². The number of aromatic nitrogens is 3. The molecule has 0 radical (unpaired) electrons. The van der Waals surface area contributed by atoms with E-state index in [1.807, 2.05) is 0 Å². The lowest BCUT2D eigenvalue weighted by Gasteiger charge is -2.11. The maximum atomic E-state index is 12.7. The Morgan fingerprint density at radius 3 is 2.52 bits per heavy atom. The smallest absolute Gasteiger partial charge is 0.384 e. The molecule has 0 aromatic carbocycles. The van der Waals surface area contributed by atoms with Gasteiger partial charge in [0.05, 0.1) is 5.69 Å². The summed E-state index contributed by atoms with van der Waals surface area (Å²) in [7, 11) is 1.68. The first kappa shape index (κ1) is 15.4. The van der Waals surface area contributed by atoms with Gasteiger partial charge in [-0.3, -0.25) is 10.1 Å². The number of hydrogen-bond donors (Lipinski definition) is 2. The lowest BCUT2D eigenvalue weighted by Crippen LogP contribution is -2.16. The average molecular weight is 315 g/mol. The fraction of sp³-hybridized carbons (Fsp3) is 0.250. The summed E-state index contributed by atoms with van der Waals surface area (Å²) in [5.41, 5.74) is 5.27. The molecule has 9 heteroatoms. The predicted molar refractivity (Wildman–Crippen MR) is 72.3 cm³/mol. The largest absolute Gasteiger partial charge is 0.433 e. The van der Waals surface area contributed by atoms with Crippen LogP contribution in [0, 0.1) is 12.3 Å². The Hall–Kier alpha value is -2.03. The average Bonchev–Trinajstić information content (AvgIpc) is 2.66. The number of nitrogens with zero attached hydrogens (tertiary/aromatic N) is 3. The van der Waals surface area contributed by atoms with Gasteiger partial charge in [0.1, 0.15) is 21.6 Å². The quantitative estimate of drug-likeness (QED) is 0.674. The second-order valence-electron chi connectivity index (χ2n) is 4.31. The minimum atomic E-state index is -4.55. The Balaban J connectivity index is 2.49. The van der Waals surface area contributed by atoms with Crippen LogP contribution in [-0.2, 0) is 13.2 Å². The fourth-order valence-electron chi connectivity index (χ4n) is 1.66. The fourth-order valence-corrected chi connectivity index (χ4v) is 2.70. The normalized spacial score (nSPS) is 11.7. The topological polar surface area (TPSA) is 80.6 Å². The zero-order valence-corrected chi connectivity index (χ0v) is 12.0. The highest BCUT2D eigenvalue weighted by molar-refractivity contribution is 7.99. The minimum Gasteiger partial charge on any atom is -0.384 e. The van der Waals surface area contributed by atoms with E-state index < -0.39 is 11.9 Å². The van der Waals surface area contributed by atoms with Crippen LogP contribution in [-0.4, -0.2) is 20.6 Å². The van der Waals surface area contributed by atoms with Gasteiger partial charge in [-0.15, -0.1) is 0 Å². The molecule has 0 saturated heterocycles. The molecule has 5 nitrogen and oxygen atoms in total. The summed E-state index contributed by atoms with van der Waals surface area (Å²) in [5.74, 6) is -0.336. The first-order valence-corrected chi connectivity index (χ1v) is 6.61. The zero-order chi connectivity index (χ0) is 15.8. The summed E-state index contributed by atoms with van der Waals surface area (Å²) in [6.07, 6.45) is -4.55. The van der Waals surface area contributed by atoms with E-state index in [0.29, 0.717) is 5.03 Å². The van der Waals surface area contributed by atoms with Crippen LogP contribution in [0.4, 0.5) is 13.2 Å². The predicted octanol–water partition coefficient (Wildman–Crippen LogP) is 2.58. The van der Waals surface area contributed by atoms with E-state index in [4.69, 9.17) is 11.1 Å². The van der Waals surface area contributed by atoms with E-state index >= 15 is 0 Å². The monoisotopic (exact) mass is 315 g/mol. The number of nitrogens with two attached hydrogens (primary N) is 1. The molecule has 0 saturated carbocycles. The maximum absolute atomic E-state index is 12.7. The lowest BCUT2D eigenvalue weighted by molar-refractivity contribution is -0.141. The van der Waals surface area contributed by atoms with Crippen molar-refractivity contribution >= 4 is 17.6 Å². The zero-order valence-electron chi connectivity index (χ0n) is 11.2. The first-order chi connectivity index (χ1) is 9.68. The van der Waals surface area contributed by atoms with E-state index in [1.165, 1.54) is 4.68 Å². The van der Waals surface area contributed by atoms with Gasteiger partial charge >= 0.3 is 6.18 Å². The van der Waals surface area contributed by atoms with Crippen molar-refractivity contribution in [2.75, 3.05) is 0 Å². The van der Waals surface area contributed by atoms with Gasteiger partial charge in [-0.2, -0.15) is 18.3 Å². The van der Waals surface area contributed by atoms with Crippen LogP contribution in [0.2, 0.25) is 0 Å². The van der Waals surface area contributed by atoms with E-state index in [-0.39, 0.29) is 16.4 Å². The Morgan fingerprint density at radius 1 is 1.38 bits per heavy atom. The first-order valence-electron chi connectivity index (χ1n) is 5.79. The van der Waals surface area contributed by atoms with Crippen molar-refractivity contribution in [3.8, 4) is 0 Å². The minimum absolute atomic E-state index is 0.0281. The molecule has 0 aliphatic carbocycles. The lowest BCUT2D eigenvalue weighted by atomic mass is 10.2. The highest BCUT2D eigenvalue weighted by Crippen LogP contribution is 2.33. The third-order valence-corrected chi connectivity index (χ3v) is 3.70. The van der Waals surface area contributed by atoms with Crippen molar-refractivity contribution in [1.82, 2.24) is 14.8 Å². The van der Waals surface area contributed by atoms with Crippen LogP contribution >= 0.6 is 11.8 Å². The van der Waals surface area contributed by atoms with Crippen molar-refractivity contribution in [2.24, 2.45) is 12.8 Å². The molecule has 3 N–H and O–H groups in total. The van der Waals surface area contributed by atoms with Gasteiger partial charge < -0.3 is 5.73 Å². The summed E-state index contributed by atoms with van der Waals surface area (Å²) in [5, 5.41) is 12.2. The van der Waals surface area contributed by atoms with Gasteiger partial charge in [-0.1, -0.05) is 0 Å². The number of nitrogens with one attached hydrogen (secondary N) is 1. The van der Waals surface area contributed by atoms with Crippen molar-refractivity contribution in [3.05, 3.63) is 35.2 Å². The van der Waals surface area contributed by atoms with Crippen LogP contribution in [0.3, 0.4) is 0 Å².